The van der Waals surface area contributed by atoms with E-state index in [2.05, 4.69) is 0 Å². The number of hydrogen-bond acceptors (Lipinski definition) is 1. The summed E-state index contributed by atoms with van der Waals surface area (Å²) in [4.78, 5) is 12.0. The molecule has 0 heterocycles. The number of halogens is 2. The molecule has 0 saturated carbocycles. The summed E-state index contributed by atoms with van der Waals surface area (Å²) in [6, 6.07) is 13.1. The van der Waals surface area contributed by atoms with Gasteiger partial charge in [0.05, 0.1) is 0 Å². The zero-order valence-corrected chi connectivity index (χ0v) is 11.0. The monoisotopic (exact) mass is 276 g/mol. The van der Waals surface area contributed by atoms with E-state index in [-0.39, 0.29) is 11.7 Å². The summed E-state index contributed by atoms with van der Waals surface area (Å²) in [6.07, 6.45) is 0.472. The Morgan fingerprint density at radius 1 is 1.00 bits per heavy atom. The van der Waals surface area contributed by atoms with Crippen molar-refractivity contribution in [2.45, 2.75) is 12.3 Å². The Kier molecular flexibility index (Phi) is 2.89. The number of hydrogen-bond donors (Lipinski definition) is 0. The van der Waals surface area contributed by atoms with Crippen LogP contribution in [0.5, 0.6) is 0 Å². The van der Waals surface area contributed by atoms with Gasteiger partial charge < -0.3 is 0 Å². The van der Waals surface area contributed by atoms with Gasteiger partial charge in [-0.1, -0.05) is 47.5 Å². The van der Waals surface area contributed by atoms with Gasteiger partial charge in [0.2, 0.25) is 0 Å². The summed E-state index contributed by atoms with van der Waals surface area (Å²) in [6.45, 7) is 0. The third-order valence-electron chi connectivity index (χ3n) is 3.36. The van der Waals surface area contributed by atoms with Gasteiger partial charge in [0.1, 0.15) is 0 Å². The van der Waals surface area contributed by atoms with Gasteiger partial charge in [-0.2, -0.15) is 0 Å². The van der Waals surface area contributed by atoms with Gasteiger partial charge in [-0.15, -0.1) is 0 Å². The molecule has 90 valence electrons. The summed E-state index contributed by atoms with van der Waals surface area (Å²) in [5.41, 5.74) is 2.78. The second-order valence-corrected chi connectivity index (χ2v) is 5.28. The van der Waals surface area contributed by atoms with Crippen molar-refractivity contribution in [1.29, 1.82) is 0 Å². The Hall–Kier alpha value is -1.31. The van der Waals surface area contributed by atoms with Crippen LogP contribution < -0.4 is 0 Å². The van der Waals surface area contributed by atoms with Crippen LogP contribution in [0.4, 0.5) is 0 Å². The van der Waals surface area contributed by atoms with Gasteiger partial charge in [0.15, 0.2) is 5.78 Å². The van der Waals surface area contributed by atoms with Crippen molar-refractivity contribution in [3.8, 4) is 0 Å². The van der Waals surface area contributed by atoms with Crippen LogP contribution in [0.2, 0.25) is 10.0 Å². The highest BCUT2D eigenvalue weighted by Gasteiger charge is 2.31. The maximum atomic E-state index is 12.0. The van der Waals surface area contributed by atoms with Crippen molar-refractivity contribution < 1.29 is 4.79 Å². The fraction of sp³-hybridized carbons (Fsp3) is 0.133. The summed E-state index contributed by atoms with van der Waals surface area (Å²) in [5.74, 6) is 0.201. The molecule has 3 heteroatoms. The molecule has 18 heavy (non-hydrogen) atoms. The zero-order valence-electron chi connectivity index (χ0n) is 9.49. The van der Waals surface area contributed by atoms with Gasteiger partial charge in [-0.3, -0.25) is 4.79 Å². The summed E-state index contributed by atoms with van der Waals surface area (Å²) in [7, 11) is 0. The second-order valence-electron chi connectivity index (χ2n) is 4.43. The predicted molar refractivity (Wildman–Crippen MR) is 73.7 cm³/mol. The lowest BCUT2D eigenvalue weighted by Gasteiger charge is -2.13. The first-order valence-corrected chi connectivity index (χ1v) is 6.49. The van der Waals surface area contributed by atoms with Gasteiger partial charge in [0.25, 0.3) is 0 Å². The molecule has 1 atom stereocenters. The minimum atomic E-state index is 0.0277. The maximum absolute atomic E-state index is 12.0. The van der Waals surface area contributed by atoms with E-state index in [1.165, 1.54) is 0 Å². The molecule has 3 rings (SSSR count). The second kappa shape index (κ2) is 4.42. The van der Waals surface area contributed by atoms with E-state index in [1.54, 1.807) is 12.1 Å². The lowest BCUT2D eigenvalue weighted by Crippen LogP contribution is -1.97. The van der Waals surface area contributed by atoms with E-state index in [0.717, 1.165) is 16.7 Å². The molecule has 1 aliphatic carbocycles. The molecule has 2 aromatic rings. The molecule has 2 aromatic carbocycles. The van der Waals surface area contributed by atoms with Crippen LogP contribution in [0.1, 0.15) is 33.8 Å². The fourth-order valence-corrected chi connectivity index (χ4v) is 2.95. The number of carbonyl (C=O) groups excluding carboxylic acids is 1. The topological polar surface area (TPSA) is 17.1 Å². The van der Waals surface area contributed by atoms with E-state index in [1.807, 2.05) is 30.3 Å². The van der Waals surface area contributed by atoms with Crippen molar-refractivity contribution >= 4 is 29.0 Å². The Morgan fingerprint density at radius 2 is 1.78 bits per heavy atom. The molecule has 0 amide bonds. The molecule has 0 radical (unpaired) electrons. The molecule has 0 bridgehead atoms. The third kappa shape index (κ3) is 1.84. The highest BCUT2D eigenvalue weighted by molar-refractivity contribution is 6.33. The number of ketones is 1. The third-order valence-corrected chi connectivity index (χ3v) is 3.94. The van der Waals surface area contributed by atoms with Crippen LogP contribution in [-0.2, 0) is 0 Å². The van der Waals surface area contributed by atoms with E-state index in [0.29, 0.717) is 16.5 Å². The summed E-state index contributed by atoms with van der Waals surface area (Å²) in [5, 5.41) is 1.31. The number of Topliss-reactive ketones (excluding diaryl/α,β-unsaturated/α-hetero) is 1. The fourth-order valence-electron chi connectivity index (χ4n) is 2.52. The van der Waals surface area contributed by atoms with Crippen molar-refractivity contribution in [3.05, 3.63) is 69.2 Å². The summed E-state index contributed by atoms with van der Waals surface area (Å²) < 4.78 is 0. The van der Waals surface area contributed by atoms with Crippen molar-refractivity contribution in [2.24, 2.45) is 0 Å². The minimum Gasteiger partial charge on any atom is -0.294 e. The maximum Gasteiger partial charge on any atom is 0.164 e. The van der Waals surface area contributed by atoms with Gasteiger partial charge >= 0.3 is 0 Å². The number of benzene rings is 2. The highest BCUT2D eigenvalue weighted by Crippen LogP contribution is 2.41. The van der Waals surface area contributed by atoms with E-state index in [9.17, 15) is 4.79 Å². The standard InChI is InChI=1S/C15H10Cl2O/c16-9-5-6-14(17)13(7-9)12-8-15(18)11-4-2-1-3-10(11)12/h1-7,12H,8H2. The molecular formula is C15H10Cl2O. The summed E-state index contributed by atoms with van der Waals surface area (Å²) >= 11 is 12.2. The molecule has 1 nitrogen and oxygen atoms in total. The Morgan fingerprint density at radius 3 is 2.61 bits per heavy atom. The lowest BCUT2D eigenvalue weighted by molar-refractivity contribution is 0.0991. The number of fused-ring (bicyclic) bond motifs is 1. The Labute approximate surface area is 115 Å². The van der Waals surface area contributed by atoms with Crippen molar-refractivity contribution in [3.63, 3.8) is 0 Å². The van der Waals surface area contributed by atoms with Crippen LogP contribution in [-0.4, -0.2) is 5.78 Å². The first kappa shape index (κ1) is 11.8. The van der Waals surface area contributed by atoms with Crippen LogP contribution >= 0.6 is 23.2 Å². The van der Waals surface area contributed by atoms with Crippen LogP contribution in [0.25, 0.3) is 0 Å². The zero-order chi connectivity index (χ0) is 12.7. The van der Waals surface area contributed by atoms with E-state index in [4.69, 9.17) is 23.2 Å². The molecule has 0 spiro atoms. The van der Waals surface area contributed by atoms with Gasteiger partial charge in [-0.05, 0) is 29.3 Å². The molecule has 1 unspecified atom stereocenters. The molecular weight excluding hydrogens is 267 g/mol. The normalized spacial score (nSPS) is 17.9. The number of rotatable bonds is 1. The van der Waals surface area contributed by atoms with Crippen LogP contribution in [0.15, 0.2) is 42.5 Å². The molecule has 0 fully saturated rings. The molecule has 0 aromatic heterocycles. The quantitative estimate of drug-likeness (QED) is 0.737. The predicted octanol–water partition coefficient (Wildman–Crippen LogP) is 4.71. The van der Waals surface area contributed by atoms with Crippen molar-refractivity contribution in [2.75, 3.05) is 0 Å². The average Bonchev–Trinajstić information content (AvgIpc) is 2.71. The molecule has 0 saturated heterocycles. The minimum absolute atomic E-state index is 0.0277. The molecule has 0 aliphatic heterocycles. The van der Waals surface area contributed by atoms with Crippen LogP contribution in [0.3, 0.4) is 0 Å². The van der Waals surface area contributed by atoms with E-state index < -0.39 is 0 Å². The first-order chi connectivity index (χ1) is 8.66. The van der Waals surface area contributed by atoms with E-state index >= 15 is 0 Å². The van der Waals surface area contributed by atoms with Crippen molar-refractivity contribution in [1.82, 2.24) is 0 Å². The lowest BCUT2D eigenvalue weighted by atomic mass is 9.93. The van der Waals surface area contributed by atoms with Gasteiger partial charge in [-0.25, -0.2) is 0 Å². The Bertz CT molecular complexity index is 634. The largest absolute Gasteiger partial charge is 0.294 e. The Balaban J connectivity index is 2.15. The molecule has 1 aliphatic rings. The smallest absolute Gasteiger partial charge is 0.164 e. The SMILES string of the molecule is O=C1CC(c2cc(Cl)ccc2Cl)c2ccccc21. The first-order valence-electron chi connectivity index (χ1n) is 5.74. The highest BCUT2D eigenvalue weighted by atomic mass is 35.5. The number of carbonyl (C=O) groups is 1. The van der Waals surface area contributed by atoms with Crippen LogP contribution in [0, 0.1) is 0 Å². The van der Waals surface area contributed by atoms with Gasteiger partial charge in [0, 0.05) is 27.9 Å². The average molecular weight is 277 g/mol. The molecule has 0 N–H and O–H groups in total.